The maximum atomic E-state index is 7.99. The molecule has 0 radical (unpaired) electrons. The van der Waals surface area contributed by atoms with Crippen LogP contribution in [-0.2, 0) is 25.0 Å². The van der Waals surface area contributed by atoms with Gasteiger partial charge in [0.25, 0.3) is 0 Å². The van der Waals surface area contributed by atoms with Crippen molar-refractivity contribution < 1.29 is 25.0 Å². The van der Waals surface area contributed by atoms with Crippen molar-refractivity contribution in [3.63, 3.8) is 0 Å². The second-order valence-corrected chi connectivity index (χ2v) is 40.6. The normalized spacial score (nSPS) is 14.6. The van der Waals surface area contributed by atoms with Gasteiger partial charge in [0.2, 0.25) is 8.32 Å². The molecule has 0 aliphatic carbocycles. The third-order valence-electron chi connectivity index (χ3n) is 8.02. The Labute approximate surface area is 304 Å². The minimum Gasteiger partial charge on any atom is -0.433 e. The van der Waals surface area contributed by atoms with Gasteiger partial charge in [-0.25, -0.2) is 0 Å². The summed E-state index contributed by atoms with van der Waals surface area (Å²) in [6.07, 6.45) is 0. The monoisotopic (exact) mass is 782 g/mol. The summed E-state index contributed by atoms with van der Waals surface area (Å²) in [5.41, 5.74) is 5.90. The van der Waals surface area contributed by atoms with Crippen LogP contribution in [0.1, 0.15) is 0 Å². The molecule has 0 aromatic heterocycles. The molecule has 0 amide bonds. The Morgan fingerprint density at radius 1 is 0.449 bits per heavy atom. The van der Waals surface area contributed by atoms with Crippen molar-refractivity contribution in [2.45, 2.75) is 71.5 Å². The average molecular weight is 783 g/mol. The fourth-order valence-electron chi connectivity index (χ4n) is 5.69. The highest BCUT2D eigenvalue weighted by Crippen LogP contribution is 2.30. The summed E-state index contributed by atoms with van der Waals surface area (Å²) in [4.78, 5) is 0. The molecule has 0 heterocycles. The van der Waals surface area contributed by atoms with Crippen LogP contribution in [0.2, 0.25) is 71.5 Å². The van der Waals surface area contributed by atoms with Gasteiger partial charge in [-0.15, -0.1) is 19.7 Å². The van der Waals surface area contributed by atoms with Gasteiger partial charge in [-0.05, 0) is 81.0 Å². The van der Waals surface area contributed by atoms with E-state index in [2.05, 4.69) is 158 Å². The van der Waals surface area contributed by atoms with Gasteiger partial charge in [0, 0.05) is 12.7 Å². The van der Waals surface area contributed by atoms with E-state index in [0.29, 0.717) is 12.7 Å². The third kappa shape index (κ3) is 11.8. The molecule has 3 aromatic rings. The molecule has 49 heavy (non-hydrogen) atoms. The predicted octanol–water partition coefficient (Wildman–Crippen LogP) is 7.89. The van der Waals surface area contributed by atoms with Gasteiger partial charge in [-0.2, -0.15) is 0 Å². The van der Waals surface area contributed by atoms with Gasteiger partial charge in [0.05, 0.1) is 0 Å². The van der Waals surface area contributed by atoms with Gasteiger partial charge >= 0.3 is 34.2 Å². The molecule has 0 bridgehead atoms. The van der Waals surface area contributed by atoms with E-state index < -0.39 is 59.2 Å². The van der Waals surface area contributed by atoms with Crippen LogP contribution in [0.15, 0.2) is 128 Å². The number of hydrogen-bond acceptors (Lipinski definition) is 6. The van der Waals surface area contributed by atoms with E-state index >= 15 is 0 Å². The molecule has 0 N–H and O–H groups in total. The third-order valence-corrected chi connectivity index (χ3v) is 33.3. The molecule has 0 saturated carbocycles. The fraction of sp³-hybridized carbons (Fsp3) is 0.333. The van der Waals surface area contributed by atoms with Gasteiger partial charge in [0.1, 0.15) is 0 Å². The van der Waals surface area contributed by atoms with Crippen LogP contribution in [0.5, 0.6) is 0 Å². The van der Waals surface area contributed by atoms with Crippen molar-refractivity contribution in [2.24, 2.45) is 0 Å². The van der Waals surface area contributed by atoms with Crippen molar-refractivity contribution in [2.75, 3.05) is 6.61 Å². The quantitative estimate of drug-likeness (QED) is 0.109. The maximum Gasteiger partial charge on any atom is 0.388 e. The van der Waals surface area contributed by atoms with Crippen LogP contribution in [-0.4, -0.2) is 65.8 Å². The van der Waals surface area contributed by atoms with Crippen LogP contribution in [0.4, 0.5) is 0 Å². The minimum absolute atomic E-state index is 0.394. The Morgan fingerprint density at radius 2 is 0.816 bits per heavy atom. The zero-order valence-corrected chi connectivity index (χ0v) is 38.4. The fourth-order valence-corrected chi connectivity index (χ4v) is 34.1. The highest BCUT2D eigenvalue weighted by atomic mass is 28.5. The first-order chi connectivity index (χ1) is 22.7. The molecule has 1 atom stereocenters. The predicted molar refractivity (Wildman–Crippen MR) is 224 cm³/mol. The lowest BCUT2D eigenvalue weighted by Crippen LogP contribution is -2.75. The lowest BCUT2D eigenvalue weighted by Gasteiger charge is -2.47. The largest absolute Gasteiger partial charge is 0.433 e. The smallest absolute Gasteiger partial charge is 0.388 e. The first kappa shape index (κ1) is 41.6. The molecular formula is C36H58O6Si7. The topological polar surface area (TPSA) is 55.4 Å². The molecule has 6 nitrogen and oxygen atoms in total. The van der Waals surface area contributed by atoms with Gasteiger partial charge < -0.3 is 25.0 Å². The van der Waals surface area contributed by atoms with Crippen LogP contribution >= 0.6 is 0 Å². The first-order valence-electron chi connectivity index (χ1n) is 17.0. The summed E-state index contributed by atoms with van der Waals surface area (Å²) in [6.45, 7) is 34.1. The minimum atomic E-state index is -3.53. The number of hydrogen-bond donors (Lipinski definition) is 0. The highest BCUT2D eigenvalue weighted by Gasteiger charge is 2.57. The summed E-state index contributed by atoms with van der Waals surface area (Å²) in [6, 6.07) is 31.7. The zero-order valence-electron chi connectivity index (χ0n) is 31.4. The molecule has 13 heteroatoms. The summed E-state index contributed by atoms with van der Waals surface area (Å²) >= 11 is 0. The molecular weight excluding hydrogens is 725 g/mol. The van der Waals surface area contributed by atoms with Gasteiger partial charge in [-0.1, -0.05) is 108 Å². The molecule has 0 spiro atoms. The van der Waals surface area contributed by atoms with E-state index in [0.717, 1.165) is 15.6 Å². The Kier molecular flexibility index (Phi) is 14.1. The van der Waals surface area contributed by atoms with Crippen molar-refractivity contribution in [3.05, 3.63) is 128 Å². The lowest BCUT2D eigenvalue weighted by atomic mass is 10.4. The van der Waals surface area contributed by atoms with Crippen LogP contribution < -0.4 is 15.6 Å². The van der Waals surface area contributed by atoms with Crippen molar-refractivity contribution in [3.8, 4) is 0 Å². The summed E-state index contributed by atoms with van der Waals surface area (Å²) < 4.78 is 43.4. The zero-order chi connectivity index (χ0) is 36.6. The Bertz CT molecular complexity index is 1480. The van der Waals surface area contributed by atoms with Crippen LogP contribution in [0.3, 0.4) is 0 Å². The molecule has 0 aliphatic rings. The van der Waals surface area contributed by atoms with E-state index in [1.54, 1.807) is 0 Å². The van der Waals surface area contributed by atoms with E-state index in [1.165, 1.54) is 0 Å². The van der Waals surface area contributed by atoms with Crippen molar-refractivity contribution >= 4 is 74.8 Å². The van der Waals surface area contributed by atoms with E-state index in [-0.39, 0.29) is 0 Å². The summed E-state index contributed by atoms with van der Waals surface area (Å²) in [5.74, 6) is 0. The van der Waals surface area contributed by atoms with Gasteiger partial charge in [-0.3, -0.25) is 0 Å². The average Bonchev–Trinajstić information content (AvgIpc) is 3.04. The first-order valence-corrected chi connectivity index (χ1v) is 35.4. The standard InChI is InChI=1S/C36H58O6Si7/c1-14-43(4,5)38-46(10,11)37-32-33-48(34-26-20-17-21-27-34,41-47(12,13)39-44(6,7)15-2)42-49(40-45(8,9)16-3,35-28-22-18-23-29-35)36-30-24-19-25-31-36/h14-31H,1-3,32-33H2,4-13H3. The second kappa shape index (κ2) is 16.7. The van der Waals surface area contributed by atoms with Crippen molar-refractivity contribution in [1.29, 1.82) is 0 Å². The van der Waals surface area contributed by atoms with E-state index in [9.17, 15) is 0 Å². The highest BCUT2D eigenvalue weighted by molar-refractivity contribution is 7.05. The lowest BCUT2D eigenvalue weighted by molar-refractivity contribution is 0.245. The van der Waals surface area contributed by atoms with Gasteiger partial charge in [0.15, 0.2) is 16.6 Å². The van der Waals surface area contributed by atoms with Crippen LogP contribution in [0.25, 0.3) is 0 Å². The molecule has 0 aliphatic heterocycles. The van der Waals surface area contributed by atoms with Crippen LogP contribution in [0, 0.1) is 0 Å². The summed E-state index contributed by atoms with van der Waals surface area (Å²) in [7, 11) is -19.3. The molecule has 266 valence electrons. The van der Waals surface area contributed by atoms with Crippen molar-refractivity contribution in [1.82, 2.24) is 0 Å². The number of rotatable bonds is 20. The Hall–Kier alpha value is -1.84. The Morgan fingerprint density at radius 3 is 1.22 bits per heavy atom. The maximum absolute atomic E-state index is 7.99. The molecule has 0 fully saturated rings. The molecule has 3 rings (SSSR count). The molecule has 1 unspecified atom stereocenters. The van der Waals surface area contributed by atoms with E-state index in [1.807, 2.05) is 35.3 Å². The Balaban J connectivity index is 2.35. The SMILES string of the molecule is C=C[Si](C)(C)O[Si](C)(C)OCC[Si](O[Si](C)(C)O[Si](C)(C)C=C)(O[Si](O[Si](C)(C)C=C)(c1ccccc1)c1ccccc1)c1ccccc1. The second-order valence-electron chi connectivity index (χ2n) is 14.8. The van der Waals surface area contributed by atoms with E-state index in [4.69, 9.17) is 25.0 Å². The number of benzene rings is 3. The summed E-state index contributed by atoms with van der Waals surface area (Å²) in [5, 5.41) is 3.03. The molecule has 0 saturated heterocycles. The molecule has 3 aromatic carbocycles.